The lowest BCUT2D eigenvalue weighted by atomic mass is 10.3. The number of nitrogens with zero attached hydrogens (tertiary/aromatic N) is 2. The molecule has 0 atom stereocenters. The van der Waals surface area contributed by atoms with E-state index in [1.165, 1.54) is 9.75 Å². The molecule has 0 saturated heterocycles. The summed E-state index contributed by atoms with van der Waals surface area (Å²) in [5, 5.41) is 10.7. The molecule has 3 nitrogen and oxygen atoms in total. The number of aromatic nitrogens is 1. The number of thiophene rings is 1. The molecule has 0 saturated carbocycles. The Morgan fingerprint density at radius 3 is 2.89 bits per heavy atom. The smallest absolute Gasteiger partial charge is 0.104 e. The third-order valence-electron chi connectivity index (χ3n) is 2.65. The largest absolute Gasteiger partial charge is 0.384 e. The Labute approximate surface area is 121 Å². The van der Waals surface area contributed by atoms with Crippen molar-refractivity contribution in [1.29, 1.82) is 0 Å². The van der Waals surface area contributed by atoms with Crippen LogP contribution in [0.4, 0.5) is 0 Å². The number of hydrogen-bond donors (Lipinski definition) is 1. The molecule has 1 N–H and O–H groups in total. The first kappa shape index (κ1) is 14.2. The molecule has 0 bridgehead atoms. The van der Waals surface area contributed by atoms with Crippen LogP contribution < -0.4 is 0 Å². The van der Waals surface area contributed by atoms with Gasteiger partial charge in [0.1, 0.15) is 6.61 Å². The summed E-state index contributed by atoms with van der Waals surface area (Å²) in [5.41, 5.74) is 4.00. The minimum absolute atomic E-state index is 0.0876. The topological polar surface area (TPSA) is 36.4 Å². The average molecular weight is 292 g/mol. The van der Waals surface area contributed by atoms with Crippen LogP contribution in [-0.2, 0) is 13.1 Å². The molecule has 0 unspecified atom stereocenters. The molecule has 0 aliphatic rings. The molecule has 0 aliphatic heterocycles. The number of thiazole rings is 1. The lowest BCUT2D eigenvalue weighted by molar-refractivity contribution is 0.324. The van der Waals surface area contributed by atoms with Gasteiger partial charge in [-0.1, -0.05) is 11.8 Å². The number of hydrogen-bond acceptors (Lipinski definition) is 5. The molecule has 0 spiro atoms. The van der Waals surface area contributed by atoms with Gasteiger partial charge in [-0.25, -0.2) is 4.98 Å². The summed E-state index contributed by atoms with van der Waals surface area (Å²) in [7, 11) is 2.11. The van der Waals surface area contributed by atoms with E-state index in [-0.39, 0.29) is 6.61 Å². The van der Waals surface area contributed by atoms with Gasteiger partial charge in [0.15, 0.2) is 0 Å². The minimum atomic E-state index is -0.0876. The van der Waals surface area contributed by atoms with Gasteiger partial charge >= 0.3 is 0 Å². The van der Waals surface area contributed by atoms with Crippen molar-refractivity contribution < 1.29 is 5.11 Å². The third kappa shape index (κ3) is 4.15. The molecule has 2 aromatic rings. The van der Waals surface area contributed by atoms with Crippen LogP contribution in [0, 0.1) is 18.8 Å². The number of aliphatic hydroxyl groups is 1. The predicted molar refractivity (Wildman–Crippen MR) is 80.3 cm³/mol. The van der Waals surface area contributed by atoms with Crippen molar-refractivity contribution in [3.05, 3.63) is 38.0 Å². The van der Waals surface area contributed by atoms with E-state index >= 15 is 0 Å². The van der Waals surface area contributed by atoms with Gasteiger partial charge in [0.2, 0.25) is 0 Å². The molecule has 0 amide bonds. The summed E-state index contributed by atoms with van der Waals surface area (Å²) in [6.07, 6.45) is 0. The Hall–Kier alpha value is -1.19. The van der Waals surface area contributed by atoms with E-state index in [1.54, 1.807) is 22.7 Å². The first-order valence-electron chi connectivity index (χ1n) is 5.93. The van der Waals surface area contributed by atoms with E-state index in [2.05, 4.69) is 34.8 Å². The van der Waals surface area contributed by atoms with Crippen LogP contribution in [0.5, 0.6) is 0 Å². The van der Waals surface area contributed by atoms with Crippen molar-refractivity contribution in [3.8, 4) is 11.8 Å². The highest BCUT2D eigenvalue weighted by atomic mass is 32.1. The maximum Gasteiger partial charge on any atom is 0.104 e. The van der Waals surface area contributed by atoms with Crippen molar-refractivity contribution in [2.75, 3.05) is 13.7 Å². The zero-order valence-electron chi connectivity index (χ0n) is 11.0. The quantitative estimate of drug-likeness (QED) is 0.880. The summed E-state index contributed by atoms with van der Waals surface area (Å²) >= 11 is 3.41. The van der Waals surface area contributed by atoms with Crippen LogP contribution in [0.1, 0.15) is 21.0 Å². The van der Waals surface area contributed by atoms with Gasteiger partial charge in [0, 0.05) is 33.8 Å². The standard InChI is InChI=1S/C14H16N2OS2/c1-11-14(19-10-15-11)8-16(2)7-13-6-12(9-18-13)4-3-5-17/h6,9-10,17H,5,7-8H2,1-2H3. The van der Waals surface area contributed by atoms with Crippen molar-refractivity contribution in [1.82, 2.24) is 9.88 Å². The predicted octanol–water partition coefficient (Wildman–Crippen LogP) is 2.49. The highest BCUT2D eigenvalue weighted by Gasteiger charge is 2.07. The Morgan fingerprint density at radius 1 is 1.37 bits per heavy atom. The van der Waals surface area contributed by atoms with Gasteiger partial charge in [0.25, 0.3) is 0 Å². The van der Waals surface area contributed by atoms with Crippen molar-refractivity contribution in [2.45, 2.75) is 20.0 Å². The zero-order chi connectivity index (χ0) is 13.7. The molecule has 0 aromatic carbocycles. The van der Waals surface area contributed by atoms with E-state index < -0.39 is 0 Å². The van der Waals surface area contributed by atoms with Gasteiger partial charge in [-0.2, -0.15) is 0 Å². The Balaban J connectivity index is 1.93. The second-order valence-electron chi connectivity index (χ2n) is 4.29. The molecule has 2 heterocycles. The normalized spacial score (nSPS) is 10.5. The summed E-state index contributed by atoms with van der Waals surface area (Å²) < 4.78 is 0. The summed E-state index contributed by atoms with van der Waals surface area (Å²) in [6, 6.07) is 2.09. The van der Waals surface area contributed by atoms with Crippen LogP contribution in [0.15, 0.2) is 17.0 Å². The van der Waals surface area contributed by atoms with Gasteiger partial charge in [-0.05, 0) is 20.0 Å². The van der Waals surface area contributed by atoms with E-state index in [0.29, 0.717) is 0 Å². The Bertz CT molecular complexity index is 592. The van der Waals surface area contributed by atoms with Gasteiger partial charge < -0.3 is 5.11 Å². The minimum Gasteiger partial charge on any atom is -0.384 e. The molecular weight excluding hydrogens is 276 g/mol. The van der Waals surface area contributed by atoms with E-state index in [9.17, 15) is 0 Å². The molecule has 0 fully saturated rings. The van der Waals surface area contributed by atoms with Crippen molar-refractivity contribution >= 4 is 22.7 Å². The molecule has 100 valence electrons. The SMILES string of the molecule is Cc1ncsc1CN(C)Cc1cc(C#CCO)cs1. The zero-order valence-corrected chi connectivity index (χ0v) is 12.6. The van der Waals surface area contributed by atoms with Crippen LogP contribution in [-0.4, -0.2) is 28.6 Å². The van der Waals surface area contributed by atoms with Gasteiger partial charge in [-0.15, -0.1) is 22.7 Å². The molecule has 19 heavy (non-hydrogen) atoms. The van der Waals surface area contributed by atoms with Crippen LogP contribution >= 0.6 is 22.7 Å². The molecule has 5 heteroatoms. The fourth-order valence-electron chi connectivity index (χ4n) is 1.72. The van der Waals surface area contributed by atoms with E-state index in [4.69, 9.17) is 5.11 Å². The summed E-state index contributed by atoms with van der Waals surface area (Å²) in [6.45, 7) is 3.79. The highest BCUT2D eigenvalue weighted by Crippen LogP contribution is 2.19. The number of rotatable bonds is 4. The van der Waals surface area contributed by atoms with E-state index in [1.807, 2.05) is 17.8 Å². The number of aliphatic hydroxyl groups excluding tert-OH is 1. The van der Waals surface area contributed by atoms with Crippen LogP contribution in [0.3, 0.4) is 0 Å². The molecule has 0 aliphatic carbocycles. The molecule has 0 radical (unpaired) electrons. The fourth-order valence-corrected chi connectivity index (χ4v) is 3.47. The van der Waals surface area contributed by atoms with Crippen molar-refractivity contribution in [2.24, 2.45) is 0 Å². The first-order chi connectivity index (χ1) is 9.19. The molecule has 2 aromatic heterocycles. The van der Waals surface area contributed by atoms with Crippen LogP contribution in [0.2, 0.25) is 0 Å². The second-order valence-corrected chi connectivity index (χ2v) is 6.23. The number of aryl methyl sites for hydroxylation is 1. The highest BCUT2D eigenvalue weighted by molar-refractivity contribution is 7.10. The Kier molecular flexibility index (Phi) is 5.11. The maximum absolute atomic E-state index is 8.67. The van der Waals surface area contributed by atoms with Gasteiger partial charge in [0.05, 0.1) is 11.2 Å². The van der Waals surface area contributed by atoms with E-state index in [0.717, 1.165) is 24.3 Å². The summed E-state index contributed by atoms with van der Waals surface area (Å²) in [4.78, 5) is 9.14. The average Bonchev–Trinajstić information content (AvgIpc) is 2.97. The van der Waals surface area contributed by atoms with Crippen LogP contribution in [0.25, 0.3) is 0 Å². The monoisotopic (exact) mass is 292 g/mol. The second kappa shape index (κ2) is 6.83. The lowest BCUT2D eigenvalue weighted by Crippen LogP contribution is -2.16. The van der Waals surface area contributed by atoms with Gasteiger partial charge in [-0.3, -0.25) is 4.90 Å². The lowest BCUT2D eigenvalue weighted by Gasteiger charge is -2.14. The molecule has 2 rings (SSSR count). The Morgan fingerprint density at radius 2 is 2.21 bits per heavy atom. The fraction of sp³-hybridized carbons (Fsp3) is 0.357. The third-order valence-corrected chi connectivity index (χ3v) is 4.49. The molecular formula is C14H16N2OS2. The summed E-state index contributed by atoms with van der Waals surface area (Å²) in [5.74, 6) is 5.59. The first-order valence-corrected chi connectivity index (χ1v) is 7.69. The van der Waals surface area contributed by atoms with Crippen molar-refractivity contribution in [3.63, 3.8) is 0 Å². The maximum atomic E-state index is 8.67.